The van der Waals surface area contributed by atoms with E-state index in [1.807, 2.05) is 0 Å². The SMILES string of the molecule is N=c1ncn(C[C@@H]2O[C@H](CO)[C@@H](O)[C@H]2O)c2nc[nH]c12. The Kier molecular flexibility index (Phi) is 3.26. The Labute approximate surface area is 113 Å². The first-order chi connectivity index (χ1) is 9.61. The summed E-state index contributed by atoms with van der Waals surface area (Å²) in [5.41, 5.74) is 1.08. The zero-order valence-corrected chi connectivity index (χ0v) is 10.5. The van der Waals surface area contributed by atoms with Gasteiger partial charge in [-0.05, 0) is 0 Å². The summed E-state index contributed by atoms with van der Waals surface area (Å²) in [7, 11) is 0. The van der Waals surface area contributed by atoms with E-state index in [1.165, 1.54) is 12.7 Å². The van der Waals surface area contributed by atoms with Gasteiger partial charge in [0.25, 0.3) is 0 Å². The third-order valence-electron chi connectivity index (χ3n) is 3.47. The molecule has 2 aromatic rings. The van der Waals surface area contributed by atoms with E-state index in [2.05, 4.69) is 15.0 Å². The minimum Gasteiger partial charge on any atom is -0.394 e. The fourth-order valence-corrected chi connectivity index (χ4v) is 2.38. The summed E-state index contributed by atoms with van der Waals surface area (Å²) < 4.78 is 7.04. The molecule has 0 saturated carbocycles. The quantitative estimate of drug-likeness (QED) is 0.429. The Morgan fingerprint density at radius 2 is 2.05 bits per heavy atom. The highest BCUT2D eigenvalue weighted by molar-refractivity contribution is 5.68. The van der Waals surface area contributed by atoms with Crippen LogP contribution >= 0.6 is 0 Å². The maximum atomic E-state index is 9.91. The normalized spacial score (nSPS) is 30.1. The molecule has 2 aromatic heterocycles. The van der Waals surface area contributed by atoms with Crippen molar-refractivity contribution in [2.75, 3.05) is 6.61 Å². The molecule has 0 spiro atoms. The molecule has 1 saturated heterocycles. The van der Waals surface area contributed by atoms with Crippen LogP contribution in [0.2, 0.25) is 0 Å². The van der Waals surface area contributed by atoms with Gasteiger partial charge in [-0.25, -0.2) is 9.97 Å². The molecule has 0 unspecified atom stereocenters. The van der Waals surface area contributed by atoms with Gasteiger partial charge < -0.3 is 29.6 Å². The van der Waals surface area contributed by atoms with Crippen molar-refractivity contribution in [2.24, 2.45) is 0 Å². The Hall–Kier alpha value is -1.81. The summed E-state index contributed by atoms with van der Waals surface area (Å²) >= 11 is 0. The van der Waals surface area contributed by atoms with E-state index in [0.717, 1.165) is 0 Å². The second-order valence-electron chi connectivity index (χ2n) is 4.72. The van der Waals surface area contributed by atoms with Gasteiger partial charge >= 0.3 is 0 Å². The number of nitrogens with one attached hydrogen (secondary N) is 2. The molecule has 20 heavy (non-hydrogen) atoms. The topological polar surface area (TPSA) is 140 Å². The molecule has 3 heterocycles. The molecule has 108 valence electrons. The molecule has 1 fully saturated rings. The van der Waals surface area contributed by atoms with Crippen LogP contribution in [0.15, 0.2) is 12.7 Å². The number of H-pyrrole nitrogens is 1. The molecular weight excluding hydrogens is 266 g/mol. The molecule has 0 amide bonds. The second kappa shape index (κ2) is 4.94. The van der Waals surface area contributed by atoms with Crippen molar-refractivity contribution < 1.29 is 20.1 Å². The van der Waals surface area contributed by atoms with Gasteiger partial charge in [-0.15, -0.1) is 0 Å². The first kappa shape index (κ1) is 13.2. The van der Waals surface area contributed by atoms with E-state index in [4.69, 9.17) is 15.3 Å². The predicted octanol–water partition coefficient (Wildman–Crippen LogP) is -2.28. The van der Waals surface area contributed by atoms with Gasteiger partial charge in [0, 0.05) is 0 Å². The van der Waals surface area contributed by atoms with Gasteiger partial charge in [0.05, 0.1) is 25.8 Å². The van der Waals surface area contributed by atoms with Gasteiger partial charge in [-0.1, -0.05) is 0 Å². The number of hydrogen-bond donors (Lipinski definition) is 5. The van der Waals surface area contributed by atoms with Crippen LogP contribution in [0, 0.1) is 5.41 Å². The highest BCUT2D eigenvalue weighted by Gasteiger charge is 2.42. The number of fused-ring (bicyclic) bond motifs is 1. The van der Waals surface area contributed by atoms with Crippen LogP contribution in [0.5, 0.6) is 0 Å². The number of aliphatic hydroxyl groups excluding tert-OH is 3. The maximum absolute atomic E-state index is 9.91. The van der Waals surface area contributed by atoms with E-state index in [-0.39, 0.29) is 18.6 Å². The summed E-state index contributed by atoms with van der Waals surface area (Å²) in [5.74, 6) is 0. The largest absolute Gasteiger partial charge is 0.394 e. The summed E-state index contributed by atoms with van der Waals surface area (Å²) in [6.45, 7) is -0.148. The van der Waals surface area contributed by atoms with E-state index < -0.39 is 24.4 Å². The molecule has 4 atom stereocenters. The highest BCUT2D eigenvalue weighted by Crippen LogP contribution is 2.22. The molecule has 5 N–H and O–H groups in total. The molecule has 1 aliphatic rings. The van der Waals surface area contributed by atoms with E-state index >= 15 is 0 Å². The van der Waals surface area contributed by atoms with Gasteiger partial charge in [0.2, 0.25) is 0 Å². The van der Waals surface area contributed by atoms with E-state index in [1.54, 1.807) is 4.57 Å². The molecule has 0 bridgehead atoms. The van der Waals surface area contributed by atoms with Gasteiger partial charge in [-0.3, -0.25) is 5.41 Å². The van der Waals surface area contributed by atoms with Crippen LogP contribution in [-0.2, 0) is 11.3 Å². The molecule has 0 radical (unpaired) electrons. The molecule has 9 heteroatoms. The summed E-state index contributed by atoms with van der Waals surface area (Å²) in [4.78, 5) is 10.8. The average Bonchev–Trinajstić information content (AvgIpc) is 3.03. The lowest BCUT2D eigenvalue weighted by Gasteiger charge is -2.16. The minimum atomic E-state index is -1.12. The van der Waals surface area contributed by atoms with Crippen molar-refractivity contribution in [3.8, 4) is 0 Å². The Balaban J connectivity index is 1.89. The third-order valence-corrected chi connectivity index (χ3v) is 3.47. The van der Waals surface area contributed by atoms with E-state index in [9.17, 15) is 10.2 Å². The van der Waals surface area contributed by atoms with Crippen molar-refractivity contribution >= 4 is 11.2 Å². The summed E-state index contributed by atoms with van der Waals surface area (Å²) in [6.07, 6.45) is -0.801. The number of aromatic nitrogens is 4. The average molecular weight is 281 g/mol. The van der Waals surface area contributed by atoms with Crippen molar-refractivity contribution in [1.82, 2.24) is 19.5 Å². The van der Waals surface area contributed by atoms with E-state index in [0.29, 0.717) is 11.2 Å². The van der Waals surface area contributed by atoms with Crippen molar-refractivity contribution in [3.05, 3.63) is 18.1 Å². The number of imidazole rings is 1. The van der Waals surface area contributed by atoms with Crippen LogP contribution < -0.4 is 5.49 Å². The van der Waals surface area contributed by atoms with Crippen molar-refractivity contribution in [2.45, 2.75) is 31.0 Å². The number of aliphatic hydroxyl groups is 3. The first-order valence-corrected chi connectivity index (χ1v) is 6.17. The zero-order valence-electron chi connectivity index (χ0n) is 10.5. The Morgan fingerprint density at radius 3 is 2.75 bits per heavy atom. The van der Waals surface area contributed by atoms with Gasteiger partial charge in [0.1, 0.15) is 29.9 Å². The number of hydrogen-bond acceptors (Lipinski definition) is 7. The van der Waals surface area contributed by atoms with Crippen LogP contribution in [0.3, 0.4) is 0 Å². The Morgan fingerprint density at radius 1 is 1.30 bits per heavy atom. The van der Waals surface area contributed by atoms with Gasteiger partial charge in [-0.2, -0.15) is 0 Å². The third kappa shape index (κ3) is 2.00. The Bertz CT molecular complexity index is 668. The predicted molar refractivity (Wildman–Crippen MR) is 65.5 cm³/mol. The summed E-state index contributed by atoms with van der Waals surface area (Å²) in [5, 5.41) is 36.3. The fourth-order valence-electron chi connectivity index (χ4n) is 2.38. The second-order valence-corrected chi connectivity index (χ2v) is 4.72. The lowest BCUT2D eigenvalue weighted by molar-refractivity contribution is -0.0263. The summed E-state index contributed by atoms with van der Waals surface area (Å²) in [6, 6.07) is 0. The number of rotatable bonds is 3. The molecule has 1 aliphatic heterocycles. The smallest absolute Gasteiger partial charge is 0.173 e. The lowest BCUT2D eigenvalue weighted by Crippen LogP contribution is -2.35. The zero-order chi connectivity index (χ0) is 14.3. The van der Waals surface area contributed by atoms with Crippen molar-refractivity contribution in [3.63, 3.8) is 0 Å². The van der Waals surface area contributed by atoms with Crippen molar-refractivity contribution in [1.29, 1.82) is 5.41 Å². The lowest BCUT2D eigenvalue weighted by atomic mass is 10.1. The molecule has 0 aromatic carbocycles. The highest BCUT2D eigenvalue weighted by atomic mass is 16.6. The standard InChI is InChI=1S/C11H15N5O4/c12-10-7-11(14-3-13-7)16(4-15-10)1-5-8(18)9(19)6(2-17)20-5/h3-6,8-9,12,17-19H,1-2H2,(H,13,14)/t5-,6+,8-,9+/m0/s1. The van der Waals surface area contributed by atoms with Crippen LogP contribution in [0.4, 0.5) is 0 Å². The molecule has 0 aliphatic carbocycles. The monoisotopic (exact) mass is 281 g/mol. The van der Waals surface area contributed by atoms with Crippen LogP contribution in [0.1, 0.15) is 0 Å². The van der Waals surface area contributed by atoms with Crippen LogP contribution in [0.25, 0.3) is 11.2 Å². The molecular formula is C11H15N5O4. The van der Waals surface area contributed by atoms with Crippen LogP contribution in [-0.4, -0.2) is 65.9 Å². The van der Waals surface area contributed by atoms with Gasteiger partial charge in [0.15, 0.2) is 11.1 Å². The number of aromatic amines is 1. The minimum absolute atomic E-state index is 0.0786. The molecule has 3 rings (SSSR count). The molecule has 9 nitrogen and oxygen atoms in total. The number of nitrogens with zero attached hydrogens (tertiary/aromatic N) is 3. The maximum Gasteiger partial charge on any atom is 0.173 e. The first-order valence-electron chi connectivity index (χ1n) is 6.17. The number of ether oxygens (including phenoxy) is 1. The fraction of sp³-hybridized carbons (Fsp3) is 0.545.